The van der Waals surface area contributed by atoms with Crippen LogP contribution in [0.1, 0.15) is 92.9 Å². The molecule has 178 valence electrons. The molecule has 30 heavy (non-hydrogen) atoms. The lowest BCUT2D eigenvalue weighted by molar-refractivity contribution is -0.350. The Morgan fingerprint density at radius 3 is 1.07 bits per heavy atom. The molecule has 0 aliphatic heterocycles. The number of rotatable bonds is 19. The molecular formula is C22H42O8. The van der Waals surface area contributed by atoms with Gasteiger partial charge in [0.05, 0.1) is 26.4 Å². The molecule has 0 spiro atoms. The molecule has 0 saturated carbocycles. The number of unbranched alkanes of at least 4 members (excludes halogenated alkanes) is 5. The molecule has 0 aliphatic rings. The third-order valence-electron chi connectivity index (χ3n) is 4.24. The molecule has 0 bridgehead atoms. The zero-order valence-corrected chi connectivity index (χ0v) is 19.8. The largest absolute Gasteiger partial charge is 0.408 e. The van der Waals surface area contributed by atoms with Crippen molar-refractivity contribution in [3.05, 3.63) is 0 Å². The van der Waals surface area contributed by atoms with Crippen LogP contribution < -0.4 is 0 Å². The highest BCUT2D eigenvalue weighted by molar-refractivity contribution is 5.69. The van der Waals surface area contributed by atoms with Gasteiger partial charge in [-0.3, -0.25) is 9.59 Å². The lowest BCUT2D eigenvalue weighted by Crippen LogP contribution is -2.38. The van der Waals surface area contributed by atoms with Gasteiger partial charge in [-0.1, -0.05) is 25.7 Å². The third kappa shape index (κ3) is 13.9. The van der Waals surface area contributed by atoms with Crippen molar-refractivity contribution in [1.82, 2.24) is 0 Å². The van der Waals surface area contributed by atoms with Crippen LogP contribution in [0.25, 0.3) is 0 Å². The van der Waals surface area contributed by atoms with E-state index in [9.17, 15) is 9.59 Å². The van der Waals surface area contributed by atoms with E-state index in [4.69, 9.17) is 28.4 Å². The summed E-state index contributed by atoms with van der Waals surface area (Å²) < 4.78 is 32.1. The number of hydrogen-bond acceptors (Lipinski definition) is 8. The SMILES string of the molecule is CCOC(C)(OCC)OC(=O)CCCCCCCCC(=O)OC(C)(OCC)OCC. The molecule has 0 aromatic heterocycles. The van der Waals surface area contributed by atoms with Crippen molar-refractivity contribution in [1.29, 1.82) is 0 Å². The maximum atomic E-state index is 12.0. The van der Waals surface area contributed by atoms with Gasteiger partial charge < -0.3 is 28.4 Å². The summed E-state index contributed by atoms with van der Waals surface area (Å²) in [4.78, 5) is 23.9. The molecule has 0 fully saturated rings. The Bertz CT molecular complexity index is 412. The topological polar surface area (TPSA) is 89.5 Å². The normalized spacial score (nSPS) is 12.1. The first-order chi connectivity index (χ1) is 14.2. The van der Waals surface area contributed by atoms with Crippen LogP contribution in [0, 0.1) is 0 Å². The summed E-state index contributed by atoms with van der Waals surface area (Å²) in [5.74, 6) is -3.27. The van der Waals surface area contributed by atoms with Crippen LogP contribution in [0.15, 0.2) is 0 Å². The van der Waals surface area contributed by atoms with Crippen LogP contribution in [-0.2, 0) is 38.0 Å². The summed E-state index contributed by atoms with van der Waals surface area (Å²) in [6.07, 6.45) is 5.98. The summed E-state index contributed by atoms with van der Waals surface area (Å²) in [5.41, 5.74) is 0. The molecule has 0 radical (unpaired) electrons. The second-order valence-electron chi connectivity index (χ2n) is 7.03. The Morgan fingerprint density at radius 1 is 0.533 bits per heavy atom. The number of ether oxygens (including phenoxy) is 6. The Hall–Kier alpha value is -1.22. The maximum absolute atomic E-state index is 12.0. The van der Waals surface area contributed by atoms with E-state index in [0.717, 1.165) is 38.5 Å². The molecule has 8 nitrogen and oxygen atoms in total. The molecule has 0 aromatic rings. The summed E-state index contributed by atoms with van der Waals surface area (Å²) in [6.45, 7) is 12.1. The Kier molecular flexibility index (Phi) is 15.8. The van der Waals surface area contributed by atoms with Crippen LogP contribution in [0.4, 0.5) is 0 Å². The van der Waals surface area contributed by atoms with Crippen molar-refractivity contribution in [3.8, 4) is 0 Å². The minimum atomic E-state index is -1.31. The van der Waals surface area contributed by atoms with Gasteiger partial charge in [-0.25, -0.2) is 0 Å². The number of esters is 2. The third-order valence-corrected chi connectivity index (χ3v) is 4.24. The second kappa shape index (κ2) is 16.5. The average Bonchev–Trinajstić information content (AvgIpc) is 2.64. The average molecular weight is 435 g/mol. The predicted molar refractivity (Wildman–Crippen MR) is 112 cm³/mol. The van der Waals surface area contributed by atoms with E-state index in [0.29, 0.717) is 39.3 Å². The standard InChI is InChI=1S/C22H42O8/c1-7-25-21(5,26-8-2)29-19(23)17-15-13-11-12-14-16-18-20(24)30-22(6,27-9-3)28-10-4/h7-18H2,1-6H3. The lowest BCUT2D eigenvalue weighted by atomic mass is 10.1. The zero-order valence-electron chi connectivity index (χ0n) is 19.8. The number of carbonyl (C=O) groups excluding carboxylic acids is 2. The van der Waals surface area contributed by atoms with Crippen molar-refractivity contribution >= 4 is 11.9 Å². The lowest BCUT2D eigenvalue weighted by Gasteiger charge is -2.28. The summed E-state index contributed by atoms with van der Waals surface area (Å²) in [6, 6.07) is 0. The molecule has 8 heteroatoms. The van der Waals surface area contributed by atoms with E-state index in [2.05, 4.69) is 0 Å². The molecule has 0 aliphatic carbocycles. The molecule has 0 amide bonds. The van der Waals surface area contributed by atoms with Gasteiger partial charge in [-0.05, 0) is 40.5 Å². The first-order valence-electron chi connectivity index (χ1n) is 11.2. The van der Waals surface area contributed by atoms with Crippen LogP contribution in [0.2, 0.25) is 0 Å². The van der Waals surface area contributed by atoms with E-state index in [-0.39, 0.29) is 11.9 Å². The fraction of sp³-hybridized carbons (Fsp3) is 0.909. The first kappa shape index (κ1) is 28.8. The highest BCUT2D eigenvalue weighted by atomic mass is 16.9. The van der Waals surface area contributed by atoms with Crippen LogP contribution in [0.3, 0.4) is 0 Å². The predicted octanol–water partition coefficient (Wildman–Crippen LogP) is 4.69. The van der Waals surface area contributed by atoms with E-state index in [1.165, 1.54) is 0 Å². The van der Waals surface area contributed by atoms with Gasteiger partial charge >= 0.3 is 23.9 Å². The van der Waals surface area contributed by atoms with Crippen molar-refractivity contribution in [2.45, 2.75) is 105 Å². The van der Waals surface area contributed by atoms with E-state index >= 15 is 0 Å². The van der Waals surface area contributed by atoms with Gasteiger partial charge in [0, 0.05) is 26.7 Å². The van der Waals surface area contributed by atoms with Crippen LogP contribution >= 0.6 is 0 Å². The van der Waals surface area contributed by atoms with Gasteiger partial charge in [0.15, 0.2) is 0 Å². The molecule has 0 heterocycles. The summed E-state index contributed by atoms with van der Waals surface area (Å²) >= 11 is 0. The highest BCUT2D eigenvalue weighted by Crippen LogP contribution is 2.18. The highest BCUT2D eigenvalue weighted by Gasteiger charge is 2.30. The van der Waals surface area contributed by atoms with Crippen molar-refractivity contribution < 1.29 is 38.0 Å². The fourth-order valence-electron chi connectivity index (χ4n) is 3.01. The van der Waals surface area contributed by atoms with Gasteiger partial charge in [0.2, 0.25) is 0 Å². The maximum Gasteiger partial charge on any atom is 0.326 e. The minimum absolute atomic E-state index is 0.325. The van der Waals surface area contributed by atoms with Crippen molar-refractivity contribution in [3.63, 3.8) is 0 Å². The van der Waals surface area contributed by atoms with Gasteiger partial charge in [0.1, 0.15) is 0 Å². The van der Waals surface area contributed by atoms with Gasteiger partial charge in [-0.15, -0.1) is 0 Å². The first-order valence-corrected chi connectivity index (χ1v) is 11.2. The summed E-state index contributed by atoms with van der Waals surface area (Å²) in [7, 11) is 0. The van der Waals surface area contributed by atoms with E-state index in [1.54, 1.807) is 13.8 Å². The Morgan fingerprint density at radius 2 is 0.800 bits per heavy atom. The molecule has 0 unspecified atom stereocenters. The molecule has 0 atom stereocenters. The Balaban J connectivity index is 3.87. The monoisotopic (exact) mass is 434 g/mol. The minimum Gasteiger partial charge on any atom is -0.408 e. The van der Waals surface area contributed by atoms with Crippen LogP contribution in [0.5, 0.6) is 0 Å². The van der Waals surface area contributed by atoms with Gasteiger partial charge in [-0.2, -0.15) is 0 Å². The molecule has 0 saturated heterocycles. The number of carbonyl (C=O) groups is 2. The smallest absolute Gasteiger partial charge is 0.326 e. The van der Waals surface area contributed by atoms with Crippen molar-refractivity contribution in [2.24, 2.45) is 0 Å². The van der Waals surface area contributed by atoms with Crippen molar-refractivity contribution in [2.75, 3.05) is 26.4 Å². The molecule has 0 N–H and O–H groups in total. The second-order valence-corrected chi connectivity index (χ2v) is 7.03. The van der Waals surface area contributed by atoms with Crippen LogP contribution in [-0.4, -0.2) is 50.3 Å². The Labute approximate surface area is 181 Å². The van der Waals surface area contributed by atoms with E-state index < -0.39 is 11.9 Å². The molecule has 0 aromatic carbocycles. The molecule has 0 rings (SSSR count). The zero-order chi connectivity index (χ0) is 22.9. The van der Waals surface area contributed by atoms with E-state index in [1.807, 2.05) is 27.7 Å². The van der Waals surface area contributed by atoms with Gasteiger partial charge in [0.25, 0.3) is 0 Å². The molecular weight excluding hydrogens is 392 g/mol. The quantitative estimate of drug-likeness (QED) is 0.164. The number of hydrogen-bond donors (Lipinski definition) is 0. The fourth-order valence-corrected chi connectivity index (χ4v) is 3.01. The summed E-state index contributed by atoms with van der Waals surface area (Å²) in [5, 5.41) is 0.